The predicted octanol–water partition coefficient (Wildman–Crippen LogP) is 2.38. The summed E-state index contributed by atoms with van der Waals surface area (Å²) in [5, 5.41) is 9.01. The molecule has 1 saturated carbocycles. The molecule has 1 aromatic carbocycles. The number of carboxylic acids is 1. The molecule has 4 nitrogen and oxygen atoms in total. The second-order valence-corrected chi connectivity index (χ2v) is 4.84. The van der Waals surface area contributed by atoms with Gasteiger partial charge >= 0.3 is 5.97 Å². The lowest BCUT2D eigenvalue weighted by molar-refractivity contribution is 0.0693. The van der Waals surface area contributed by atoms with Crippen molar-refractivity contribution in [2.45, 2.75) is 31.8 Å². The molecule has 98 valence electrons. The van der Waals surface area contributed by atoms with Crippen molar-refractivity contribution in [3.8, 4) is 5.75 Å². The number of hydrogen-bond donors (Lipinski definition) is 1. The number of hydrogen-bond acceptors (Lipinski definition) is 3. The smallest absolute Gasteiger partial charge is 0.339 e. The SMILES string of the molecule is COc1cc(CN(C)C2CCC2)ccc1C(=O)O. The van der Waals surface area contributed by atoms with Gasteiger partial charge in [-0.05, 0) is 37.6 Å². The van der Waals surface area contributed by atoms with E-state index in [4.69, 9.17) is 9.84 Å². The average molecular weight is 249 g/mol. The monoisotopic (exact) mass is 249 g/mol. The summed E-state index contributed by atoms with van der Waals surface area (Å²) in [7, 11) is 3.61. The summed E-state index contributed by atoms with van der Waals surface area (Å²) in [6.45, 7) is 0.834. The van der Waals surface area contributed by atoms with Crippen LogP contribution < -0.4 is 4.74 Å². The summed E-state index contributed by atoms with van der Waals surface area (Å²) in [6, 6.07) is 5.97. The van der Waals surface area contributed by atoms with Crippen molar-refractivity contribution in [2.75, 3.05) is 14.2 Å². The number of nitrogens with zero attached hydrogens (tertiary/aromatic N) is 1. The highest BCUT2D eigenvalue weighted by molar-refractivity contribution is 5.90. The molecule has 1 fully saturated rings. The van der Waals surface area contributed by atoms with Crippen LogP contribution in [0.4, 0.5) is 0 Å². The second kappa shape index (κ2) is 5.40. The Labute approximate surface area is 107 Å². The number of carboxylic acid groups (broad SMARTS) is 1. The lowest BCUT2D eigenvalue weighted by Gasteiger charge is -2.34. The molecule has 1 aliphatic rings. The van der Waals surface area contributed by atoms with Gasteiger partial charge in [-0.25, -0.2) is 4.79 Å². The van der Waals surface area contributed by atoms with E-state index in [1.54, 1.807) is 6.07 Å². The highest BCUT2D eigenvalue weighted by Crippen LogP contribution is 2.26. The van der Waals surface area contributed by atoms with Crippen LogP contribution in [-0.4, -0.2) is 36.2 Å². The second-order valence-electron chi connectivity index (χ2n) is 4.84. The molecule has 18 heavy (non-hydrogen) atoms. The molecule has 0 bridgehead atoms. The molecule has 0 radical (unpaired) electrons. The van der Waals surface area contributed by atoms with E-state index in [1.165, 1.54) is 26.4 Å². The van der Waals surface area contributed by atoms with Crippen LogP contribution in [0, 0.1) is 0 Å². The van der Waals surface area contributed by atoms with Gasteiger partial charge < -0.3 is 9.84 Å². The van der Waals surface area contributed by atoms with Crippen LogP contribution in [0.15, 0.2) is 18.2 Å². The third-order valence-electron chi connectivity index (χ3n) is 3.63. The molecule has 0 unspecified atom stereocenters. The third kappa shape index (κ3) is 2.64. The first-order valence-electron chi connectivity index (χ1n) is 6.22. The van der Waals surface area contributed by atoms with E-state index in [-0.39, 0.29) is 5.56 Å². The lowest BCUT2D eigenvalue weighted by atomic mass is 9.91. The van der Waals surface area contributed by atoms with Crippen molar-refractivity contribution in [2.24, 2.45) is 0 Å². The van der Waals surface area contributed by atoms with Gasteiger partial charge in [-0.2, -0.15) is 0 Å². The first kappa shape index (κ1) is 12.9. The van der Waals surface area contributed by atoms with Crippen LogP contribution in [0.2, 0.25) is 0 Å². The van der Waals surface area contributed by atoms with Gasteiger partial charge in [-0.15, -0.1) is 0 Å². The fraction of sp³-hybridized carbons (Fsp3) is 0.500. The van der Waals surface area contributed by atoms with Gasteiger partial charge in [0.1, 0.15) is 11.3 Å². The summed E-state index contributed by atoms with van der Waals surface area (Å²) in [6.07, 6.45) is 3.85. The molecular weight excluding hydrogens is 230 g/mol. The number of rotatable bonds is 5. The van der Waals surface area contributed by atoms with Gasteiger partial charge in [0.05, 0.1) is 7.11 Å². The van der Waals surface area contributed by atoms with Crippen molar-refractivity contribution < 1.29 is 14.6 Å². The minimum absolute atomic E-state index is 0.215. The number of ether oxygens (including phenoxy) is 1. The number of benzene rings is 1. The Hall–Kier alpha value is -1.55. The van der Waals surface area contributed by atoms with Gasteiger partial charge in [0.25, 0.3) is 0 Å². The van der Waals surface area contributed by atoms with E-state index in [0.29, 0.717) is 11.8 Å². The van der Waals surface area contributed by atoms with E-state index >= 15 is 0 Å². The molecule has 0 aromatic heterocycles. The molecule has 0 heterocycles. The van der Waals surface area contributed by atoms with Gasteiger partial charge in [0, 0.05) is 12.6 Å². The van der Waals surface area contributed by atoms with E-state index in [2.05, 4.69) is 11.9 Å². The van der Waals surface area contributed by atoms with Crippen molar-refractivity contribution in [1.29, 1.82) is 0 Å². The molecule has 1 aliphatic carbocycles. The summed E-state index contributed by atoms with van der Waals surface area (Å²) in [5.74, 6) is -0.521. The molecule has 0 atom stereocenters. The van der Waals surface area contributed by atoms with E-state index in [1.807, 2.05) is 12.1 Å². The molecule has 0 amide bonds. The van der Waals surface area contributed by atoms with Crippen LogP contribution in [0.5, 0.6) is 5.75 Å². The Bertz CT molecular complexity index is 441. The summed E-state index contributed by atoms with van der Waals surface area (Å²) in [5.41, 5.74) is 1.30. The van der Waals surface area contributed by atoms with Gasteiger partial charge in [-0.1, -0.05) is 12.5 Å². The molecule has 1 N–H and O–H groups in total. The fourth-order valence-corrected chi connectivity index (χ4v) is 2.26. The summed E-state index contributed by atoms with van der Waals surface area (Å²) < 4.78 is 5.13. The minimum atomic E-state index is -0.953. The highest BCUT2D eigenvalue weighted by Gasteiger charge is 2.22. The Morgan fingerprint density at radius 2 is 2.22 bits per heavy atom. The first-order chi connectivity index (χ1) is 8.61. The number of methoxy groups -OCH3 is 1. The topological polar surface area (TPSA) is 49.8 Å². The summed E-state index contributed by atoms with van der Waals surface area (Å²) in [4.78, 5) is 13.3. The normalized spacial score (nSPS) is 15.5. The molecule has 0 spiro atoms. The Morgan fingerprint density at radius 3 is 2.72 bits per heavy atom. The zero-order valence-corrected chi connectivity index (χ0v) is 10.8. The molecular formula is C14H19NO3. The van der Waals surface area contributed by atoms with Crippen LogP contribution in [-0.2, 0) is 6.54 Å². The van der Waals surface area contributed by atoms with E-state index < -0.39 is 5.97 Å². The number of carbonyl (C=O) groups is 1. The molecule has 1 aromatic rings. The minimum Gasteiger partial charge on any atom is -0.496 e. The van der Waals surface area contributed by atoms with Crippen molar-refractivity contribution in [3.63, 3.8) is 0 Å². The standard InChI is InChI=1S/C14H19NO3/c1-15(11-4-3-5-11)9-10-6-7-12(14(16)17)13(8-10)18-2/h6-8,11H,3-5,9H2,1-2H3,(H,16,17). The van der Waals surface area contributed by atoms with E-state index in [0.717, 1.165) is 12.1 Å². The van der Waals surface area contributed by atoms with Gasteiger partial charge in [0.15, 0.2) is 0 Å². The largest absolute Gasteiger partial charge is 0.496 e. The number of aromatic carboxylic acids is 1. The maximum atomic E-state index is 11.0. The van der Waals surface area contributed by atoms with E-state index in [9.17, 15) is 4.79 Å². The van der Waals surface area contributed by atoms with Crippen molar-refractivity contribution in [3.05, 3.63) is 29.3 Å². The van der Waals surface area contributed by atoms with Gasteiger partial charge in [-0.3, -0.25) is 4.90 Å². The zero-order chi connectivity index (χ0) is 13.1. The predicted molar refractivity (Wildman–Crippen MR) is 69.1 cm³/mol. The molecule has 0 saturated heterocycles. The Balaban J connectivity index is 2.11. The zero-order valence-electron chi connectivity index (χ0n) is 10.8. The van der Waals surface area contributed by atoms with Crippen molar-refractivity contribution in [1.82, 2.24) is 4.90 Å². The Morgan fingerprint density at radius 1 is 1.50 bits per heavy atom. The van der Waals surface area contributed by atoms with Crippen LogP contribution in [0.3, 0.4) is 0 Å². The Kier molecular flexibility index (Phi) is 3.87. The van der Waals surface area contributed by atoms with Crippen LogP contribution in [0.1, 0.15) is 35.2 Å². The molecule has 2 rings (SSSR count). The quantitative estimate of drug-likeness (QED) is 0.870. The van der Waals surface area contributed by atoms with Gasteiger partial charge in [0.2, 0.25) is 0 Å². The van der Waals surface area contributed by atoms with Crippen molar-refractivity contribution >= 4 is 5.97 Å². The lowest BCUT2D eigenvalue weighted by Crippen LogP contribution is -2.36. The third-order valence-corrected chi connectivity index (χ3v) is 3.63. The first-order valence-corrected chi connectivity index (χ1v) is 6.22. The average Bonchev–Trinajstić information content (AvgIpc) is 2.25. The molecule has 4 heteroatoms. The highest BCUT2D eigenvalue weighted by atomic mass is 16.5. The van der Waals surface area contributed by atoms with Crippen LogP contribution in [0.25, 0.3) is 0 Å². The summed E-state index contributed by atoms with van der Waals surface area (Å²) >= 11 is 0. The maximum Gasteiger partial charge on any atom is 0.339 e. The maximum absolute atomic E-state index is 11.0. The molecule has 0 aliphatic heterocycles. The fourth-order valence-electron chi connectivity index (χ4n) is 2.26. The van der Waals surface area contributed by atoms with Crippen LogP contribution >= 0.6 is 0 Å².